The average molecular weight is 354 g/mol. The third-order valence-electron chi connectivity index (χ3n) is 4.10. The smallest absolute Gasteiger partial charge is 0.224 e. The third-order valence-corrected chi connectivity index (χ3v) is 4.10. The van der Waals surface area contributed by atoms with Gasteiger partial charge < -0.3 is 20.5 Å². The number of ether oxygens (including phenoxy) is 2. The van der Waals surface area contributed by atoms with Gasteiger partial charge in [-0.05, 0) is 31.5 Å². The zero-order valence-electron chi connectivity index (χ0n) is 15.3. The van der Waals surface area contributed by atoms with Gasteiger partial charge >= 0.3 is 0 Å². The molecule has 0 saturated heterocycles. The molecule has 0 radical (unpaired) electrons. The van der Waals surface area contributed by atoms with Crippen molar-refractivity contribution in [3.8, 4) is 22.8 Å². The van der Waals surface area contributed by atoms with Crippen LogP contribution < -0.4 is 20.5 Å². The summed E-state index contributed by atoms with van der Waals surface area (Å²) in [6.45, 7) is 4.15. The van der Waals surface area contributed by atoms with Gasteiger partial charge in [-0.25, -0.2) is 9.97 Å². The van der Waals surface area contributed by atoms with Crippen LogP contribution in [0.5, 0.6) is 11.5 Å². The molecule has 0 saturated carbocycles. The number of nitrogens with two attached hydrogens (primary N) is 1. The third kappa shape index (κ3) is 3.44. The number of nitrogens with one attached hydrogen (secondary N) is 1. The van der Waals surface area contributed by atoms with Crippen LogP contribution in [0.1, 0.15) is 20.3 Å². The average Bonchev–Trinajstić information content (AvgIpc) is 2.66. The van der Waals surface area contributed by atoms with Gasteiger partial charge in [-0.3, -0.25) is 0 Å². The van der Waals surface area contributed by atoms with E-state index in [-0.39, 0.29) is 12.0 Å². The van der Waals surface area contributed by atoms with E-state index in [4.69, 9.17) is 20.2 Å². The van der Waals surface area contributed by atoms with Crippen molar-refractivity contribution in [2.24, 2.45) is 0 Å². The van der Waals surface area contributed by atoms with E-state index in [1.807, 2.05) is 18.2 Å². The Balaban J connectivity index is 2.11. The maximum absolute atomic E-state index is 5.80. The molecular weight excluding hydrogens is 332 g/mol. The molecule has 2 heterocycles. The van der Waals surface area contributed by atoms with Gasteiger partial charge in [0.1, 0.15) is 0 Å². The molecule has 2 aromatic heterocycles. The molecule has 1 aromatic carbocycles. The minimum atomic E-state index is 0.163. The van der Waals surface area contributed by atoms with Crippen molar-refractivity contribution in [3.63, 3.8) is 0 Å². The van der Waals surface area contributed by atoms with E-state index in [1.54, 1.807) is 20.4 Å². The minimum absolute atomic E-state index is 0.163. The van der Waals surface area contributed by atoms with E-state index < -0.39 is 0 Å². The first kappa shape index (κ1) is 17.7. The maximum atomic E-state index is 5.80. The van der Waals surface area contributed by atoms with E-state index >= 15 is 0 Å². The van der Waals surface area contributed by atoms with Gasteiger partial charge in [-0.15, -0.1) is 0 Å². The lowest BCUT2D eigenvalue weighted by Gasteiger charge is -2.14. The van der Waals surface area contributed by atoms with Crippen molar-refractivity contribution in [1.29, 1.82) is 0 Å². The maximum Gasteiger partial charge on any atom is 0.224 e. The molecule has 0 amide bonds. The zero-order valence-corrected chi connectivity index (χ0v) is 15.3. The van der Waals surface area contributed by atoms with Crippen LogP contribution in [0.2, 0.25) is 0 Å². The molecule has 1 atom stereocenters. The van der Waals surface area contributed by atoms with Gasteiger partial charge in [0.05, 0.1) is 26.1 Å². The Bertz CT molecular complexity index is 931. The second-order valence-electron chi connectivity index (χ2n) is 5.88. The summed E-state index contributed by atoms with van der Waals surface area (Å²) in [5, 5.41) is 3.32. The summed E-state index contributed by atoms with van der Waals surface area (Å²) in [5.41, 5.74) is 8.36. The Morgan fingerprint density at radius 3 is 2.58 bits per heavy atom. The van der Waals surface area contributed by atoms with E-state index in [9.17, 15) is 0 Å². The molecule has 0 aliphatic rings. The predicted molar refractivity (Wildman–Crippen MR) is 101 cm³/mol. The molecule has 8 nitrogen and oxygen atoms in total. The number of nitrogens with zero attached hydrogens (tertiary/aromatic N) is 4. The summed E-state index contributed by atoms with van der Waals surface area (Å²) in [5.74, 6) is 2.02. The molecular formula is C18H22N6O2. The van der Waals surface area contributed by atoms with Gasteiger partial charge in [0, 0.05) is 11.6 Å². The molecule has 1 unspecified atom stereocenters. The van der Waals surface area contributed by atoms with Crippen LogP contribution in [0.15, 0.2) is 24.4 Å². The first-order valence-electron chi connectivity index (χ1n) is 8.34. The molecule has 136 valence electrons. The molecule has 0 fully saturated rings. The number of rotatable bonds is 6. The fraction of sp³-hybridized carbons (Fsp3) is 0.333. The highest BCUT2D eigenvalue weighted by molar-refractivity contribution is 5.85. The number of anilines is 2. The second kappa shape index (κ2) is 7.38. The molecule has 8 heteroatoms. The molecule has 26 heavy (non-hydrogen) atoms. The molecule has 3 N–H and O–H groups in total. The van der Waals surface area contributed by atoms with Gasteiger partial charge in [0.2, 0.25) is 5.95 Å². The Kier molecular flexibility index (Phi) is 5.01. The van der Waals surface area contributed by atoms with Crippen molar-refractivity contribution >= 4 is 22.9 Å². The van der Waals surface area contributed by atoms with Crippen molar-refractivity contribution < 1.29 is 9.47 Å². The molecule has 0 spiro atoms. The van der Waals surface area contributed by atoms with E-state index in [2.05, 4.69) is 34.1 Å². The monoisotopic (exact) mass is 354 g/mol. The Morgan fingerprint density at radius 2 is 1.88 bits per heavy atom. The van der Waals surface area contributed by atoms with Crippen LogP contribution in [0.4, 0.5) is 11.8 Å². The Hall–Kier alpha value is -3.16. The lowest BCUT2D eigenvalue weighted by atomic mass is 10.1. The van der Waals surface area contributed by atoms with Crippen LogP contribution in [0.25, 0.3) is 22.4 Å². The van der Waals surface area contributed by atoms with Crippen LogP contribution in [-0.4, -0.2) is 40.2 Å². The summed E-state index contributed by atoms with van der Waals surface area (Å²) in [6.07, 6.45) is 2.59. The van der Waals surface area contributed by atoms with Crippen LogP contribution in [0, 0.1) is 0 Å². The van der Waals surface area contributed by atoms with E-state index in [0.29, 0.717) is 34.2 Å². The summed E-state index contributed by atoms with van der Waals surface area (Å²) in [6, 6.07) is 5.81. The minimum Gasteiger partial charge on any atom is -0.493 e. The highest BCUT2D eigenvalue weighted by Gasteiger charge is 2.14. The predicted octanol–water partition coefficient (Wildman–Crippen LogP) is 2.90. The number of nitrogen functional groups attached to an aromatic ring is 1. The Labute approximate surface area is 151 Å². The zero-order chi connectivity index (χ0) is 18.7. The second-order valence-corrected chi connectivity index (χ2v) is 5.88. The molecule has 0 bridgehead atoms. The van der Waals surface area contributed by atoms with Crippen molar-refractivity contribution in [1.82, 2.24) is 19.9 Å². The number of benzene rings is 1. The number of hydrogen-bond donors (Lipinski definition) is 2. The topological polar surface area (TPSA) is 108 Å². The first-order valence-corrected chi connectivity index (χ1v) is 8.34. The van der Waals surface area contributed by atoms with E-state index in [0.717, 1.165) is 12.0 Å². The first-order chi connectivity index (χ1) is 12.5. The number of aromatic nitrogens is 4. The van der Waals surface area contributed by atoms with Crippen LogP contribution in [-0.2, 0) is 0 Å². The summed E-state index contributed by atoms with van der Waals surface area (Å²) < 4.78 is 10.6. The Morgan fingerprint density at radius 1 is 1.12 bits per heavy atom. The van der Waals surface area contributed by atoms with E-state index in [1.165, 1.54) is 0 Å². The van der Waals surface area contributed by atoms with Crippen molar-refractivity contribution in [2.75, 3.05) is 25.3 Å². The lowest BCUT2D eigenvalue weighted by molar-refractivity contribution is 0.355. The summed E-state index contributed by atoms with van der Waals surface area (Å²) in [7, 11) is 3.19. The van der Waals surface area contributed by atoms with Gasteiger partial charge in [-0.2, -0.15) is 9.97 Å². The van der Waals surface area contributed by atoms with Gasteiger partial charge in [0.25, 0.3) is 0 Å². The molecule has 3 rings (SSSR count). The van der Waals surface area contributed by atoms with Gasteiger partial charge in [0.15, 0.2) is 28.5 Å². The van der Waals surface area contributed by atoms with Gasteiger partial charge in [-0.1, -0.05) is 6.92 Å². The molecule has 0 aliphatic heterocycles. The highest BCUT2D eigenvalue weighted by atomic mass is 16.5. The van der Waals surface area contributed by atoms with Crippen molar-refractivity contribution in [2.45, 2.75) is 26.3 Å². The number of hydrogen-bond acceptors (Lipinski definition) is 8. The van der Waals surface area contributed by atoms with Crippen LogP contribution in [0.3, 0.4) is 0 Å². The molecule has 0 aliphatic carbocycles. The van der Waals surface area contributed by atoms with Crippen LogP contribution >= 0.6 is 0 Å². The highest BCUT2D eigenvalue weighted by Crippen LogP contribution is 2.32. The fourth-order valence-electron chi connectivity index (χ4n) is 2.50. The standard InChI is InChI=1S/C18H22N6O2/c1-5-10(2)21-17-15-16(23-18(19)24-17)20-9-12(22-15)11-6-7-13(25-3)14(8-11)26-4/h6-10H,5H2,1-4H3,(H3,19,20,21,23,24). The SMILES string of the molecule is CCC(C)Nc1nc(N)nc2ncc(-c3ccc(OC)c(OC)c3)nc12. The van der Waals surface area contributed by atoms with Crippen molar-refractivity contribution in [3.05, 3.63) is 24.4 Å². The fourth-order valence-corrected chi connectivity index (χ4v) is 2.50. The number of fused-ring (bicyclic) bond motifs is 1. The largest absolute Gasteiger partial charge is 0.493 e. The number of methoxy groups -OCH3 is 2. The molecule has 3 aromatic rings. The quantitative estimate of drug-likeness (QED) is 0.695. The lowest BCUT2D eigenvalue weighted by Crippen LogP contribution is -2.16. The normalized spacial score (nSPS) is 12.0. The summed E-state index contributed by atoms with van der Waals surface area (Å²) >= 11 is 0. The summed E-state index contributed by atoms with van der Waals surface area (Å²) in [4.78, 5) is 17.6.